The van der Waals surface area contributed by atoms with Crippen LogP contribution in [0.3, 0.4) is 0 Å². The van der Waals surface area contributed by atoms with Crippen LogP contribution in [0.15, 0.2) is 0 Å². The first kappa shape index (κ1) is 6.62. The summed E-state index contributed by atoms with van der Waals surface area (Å²) in [5.41, 5.74) is 5.75. The maximum atomic E-state index is 9.19. The van der Waals surface area contributed by atoms with Gasteiger partial charge in [-0.3, -0.25) is 0 Å². The van der Waals surface area contributed by atoms with E-state index in [2.05, 4.69) is 6.92 Å². The minimum atomic E-state index is -0.00926. The van der Waals surface area contributed by atoms with Crippen LogP contribution < -0.4 is 5.73 Å². The van der Waals surface area contributed by atoms with Crippen molar-refractivity contribution in [1.82, 2.24) is 0 Å². The Kier molecular flexibility index (Phi) is 1.29. The molecule has 58 valence electrons. The van der Waals surface area contributed by atoms with Crippen LogP contribution in [0.4, 0.5) is 0 Å². The predicted molar refractivity (Wildman–Crippen MR) is 39.4 cm³/mol. The molecule has 0 aromatic heterocycles. The van der Waals surface area contributed by atoms with Gasteiger partial charge in [-0.1, -0.05) is 0 Å². The minimum Gasteiger partial charge on any atom is -0.393 e. The van der Waals surface area contributed by atoms with Crippen molar-refractivity contribution in [2.24, 2.45) is 23.5 Å². The van der Waals surface area contributed by atoms with Gasteiger partial charge >= 0.3 is 0 Å². The van der Waals surface area contributed by atoms with Crippen molar-refractivity contribution in [3.63, 3.8) is 0 Å². The number of hydrogen-bond acceptors (Lipinski definition) is 2. The molecule has 0 aromatic carbocycles. The van der Waals surface area contributed by atoms with E-state index in [1.165, 1.54) is 0 Å². The summed E-state index contributed by atoms with van der Waals surface area (Å²) in [4.78, 5) is 0. The maximum Gasteiger partial charge on any atom is 0.0546 e. The highest BCUT2D eigenvalue weighted by molar-refractivity contribution is 5.06. The van der Waals surface area contributed by atoms with Crippen molar-refractivity contribution in [3.05, 3.63) is 0 Å². The van der Waals surface area contributed by atoms with Crippen molar-refractivity contribution < 1.29 is 5.11 Å². The molecule has 2 rings (SSSR count). The van der Waals surface area contributed by atoms with Gasteiger partial charge in [0.15, 0.2) is 0 Å². The molecule has 0 aromatic rings. The summed E-state index contributed by atoms with van der Waals surface area (Å²) in [6.07, 6.45) is 2.01. The van der Waals surface area contributed by atoms with Gasteiger partial charge in [0.2, 0.25) is 0 Å². The van der Waals surface area contributed by atoms with E-state index in [0.29, 0.717) is 6.04 Å². The Bertz CT molecular complexity index is 134. The summed E-state index contributed by atoms with van der Waals surface area (Å²) in [6, 6.07) is 0.350. The molecule has 0 heterocycles. The van der Waals surface area contributed by atoms with Crippen molar-refractivity contribution in [1.29, 1.82) is 0 Å². The van der Waals surface area contributed by atoms with Crippen molar-refractivity contribution in [2.75, 3.05) is 0 Å². The average Bonchev–Trinajstić information content (AvgIpc) is 2.32. The molecular formula is C8H15NO. The van der Waals surface area contributed by atoms with Crippen molar-refractivity contribution in [2.45, 2.75) is 31.9 Å². The molecule has 0 aliphatic heterocycles. The third-order valence-corrected chi connectivity index (χ3v) is 3.09. The fraction of sp³-hybridized carbons (Fsp3) is 1.00. The normalized spacial score (nSPS) is 54.3. The molecule has 2 heteroatoms. The van der Waals surface area contributed by atoms with Gasteiger partial charge in [0, 0.05) is 6.04 Å². The summed E-state index contributed by atoms with van der Waals surface area (Å²) >= 11 is 0. The van der Waals surface area contributed by atoms with Gasteiger partial charge in [0.05, 0.1) is 6.10 Å². The van der Waals surface area contributed by atoms with Gasteiger partial charge in [0.1, 0.15) is 0 Å². The molecular weight excluding hydrogens is 126 g/mol. The standard InChI is InChI=1S/C8H15NO/c1-4(9)8-6-2-5(10)3-7(6)8/h4-8,10H,2-3,9H2,1H3/t4?,5?,6-,7+,8?. The van der Waals surface area contributed by atoms with E-state index in [1.807, 2.05) is 0 Å². The Labute approximate surface area is 61.4 Å². The Balaban J connectivity index is 1.92. The van der Waals surface area contributed by atoms with Crippen LogP contribution in [-0.4, -0.2) is 17.3 Å². The predicted octanol–water partition coefficient (Wildman–Crippen LogP) is 0.350. The van der Waals surface area contributed by atoms with Crippen LogP contribution in [-0.2, 0) is 0 Å². The summed E-state index contributed by atoms with van der Waals surface area (Å²) < 4.78 is 0. The number of nitrogens with two attached hydrogens (primary N) is 1. The lowest BCUT2D eigenvalue weighted by atomic mass is 10.1. The zero-order valence-corrected chi connectivity index (χ0v) is 6.33. The molecule has 0 radical (unpaired) electrons. The van der Waals surface area contributed by atoms with Crippen LogP contribution >= 0.6 is 0 Å². The van der Waals surface area contributed by atoms with Crippen LogP contribution in [0.2, 0.25) is 0 Å². The Hall–Kier alpha value is -0.0800. The molecule has 0 amide bonds. The van der Waals surface area contributed by atoms with E-state index < -0.39 is 0 Å². The van der Waals surface area contributed by atoms with E-state index in [1.54, 1.807) is 0 Å². The van der Waals surface area contributed by atoms with Gasteiger partial charge in [-0.15, -0.1) is 0 Å². The second-order valence-electron chi connectivity index (χ2n) is 3.89. The fourth-order valence-corrected chi connectivity index (χ4v) is 2.64. The van der Waals surface area contributed by atoms with E-state index in [9.17, 15) is 5.11 Å². The second kappa shape index (κ2) is 1.95. The Morgan fingerprint density at radius 3 is 2.30 bits per heavy atom. The van der Waals surface area contributed by atoms with E-state index in [-0.39, 0.29) is 6.10 Å². The Morgan fingerprint density at radius 1 is 1.40 bits per heavy atom. The van der Waals surface area contributed by atoms with Gasteiger partial charge in [-0.25, -0.2) is 0 Å². The van der Waals surface area contributed by atoms with Gasteiger partial charge in [-0.05, 0) is 37.5 Å². The number of rotatable bonds is 1. The number of hydrogen-bond donors (Lipinski definition) is 2. The molecule has 0 spiro atoms. The largest absolute Gasteiger partial charge is 0.393 e. The first-order valence-corrected chi connectivity index (χ1v) is 4.14. The Morgan fingerprint density at radius 2 is 1.90 bits per heavy atom. The zero-order chi connectivity index (χ0) is 7.30. The molecule has 0 saturated heterocycles. The van der Waals surface area contributed by atoms with E-state index >= 15 is 0 Å². The molecule has 2 saturated carbocycles. The van der Waals surface area contributed by atoms with Crippen molar-refractivity contribution in [3.8, 4) is 0 Å². The summed E-state index contributed by atoms with van der Waals surface area (Å²) in [5, 5.41) is 9.19. The monoisotopic (exact) mass is 141 g/mol. The lowest BCUT2D eigenvalue weighted by Crippen LogP contribution is -2.22. The molecule has 3 N–H and O–H groups in total. The third-order valence-electron chi connectivity index (χ3n) is 3.09. The van der Waals surface area contributed by atoms with Gasteiger partial charge in [0.25, 0.3) is 0 Å². The highest BCUT2D eigenvalue weighted by Crippen LogP contribution is 2.58. The molecule has 2 aliphatic rings. The molecule has 2 aliphatic carbocycles. The number of fused-ring (bicyclic) bond motifs is 1. The average molecular weight is 141 g/mol. The van der Waals surface area contributed by atoms with Gasteiger partial charge in [-0.2, -0.15) is 0 Å². The van der Waals surface area contributed by atoms with Gasteiger partial charge < -0.3 is 10.8 Å². The first-order chi connectivity index (χ1) is 4.70. The highest BCUT2D eigenvalue weighted by atomic mass is 16.3. The van der Waals surface area contributed by atoms with E-state index in [4.69, 9.17) is 5.73 Å². The van der Waals surface area contributed by atoms with Crippen LogP contribution in [0.25, 0.3) is 0 Å². The number of aliphatic hydroxyl groups excluding tert-OH is 1. The summed E-state index contributed by atoms with van der Waals surface area (Å²) in [7, 11) is 0. The molecule has 2 nitrogen and oxygen atoms in total. The molecule has 3 unspecified atom stereocenters. The summed E-state index contributed by atoms with van der Waals surface area (Å²) in [5.74, 6) is 2.29. The summed E-state index contributed by atoms with van der Waals surface area (Å²) in [6.45, 7) is 2.08. The lowest BCUT2D eigenvalue weighted by Gasteiger charge is -2.09. The third kappa shape index (κ3) is 0.789. The minimum absolute atomic E-state index is 0.00926. The molecule has 2 fully saturated rings. The SMILES string of the molecule is CC(N)C1[C@H]2CC(O)C[C@@H]12. The maximum absolute atomic E-state index is 9.19. The molecule has 0 bridgehead atoms. The smallest absolute Gasteiger partial charge is 0.0546 e. The molecule has 5 atom stereocenters. The quantitative estimate of drug-likeness (QED) is 0.553. The fourth-order valence-electron chi connectivity index (χ4n) is 2.64. The highest BCUT2D eigenvalue weighted by Gasteiger charge is 2.56. The van der Waals surface area contributed by atoms with Crippen LogP contribution in [0, 0.1) is 17.8 Å². The van der Waals surface area contributed by atoms with E-state index in [0.717, 1.165) is 30.6 Å². The topological polar surface area (TPSA) is 46.2 Å². The first-order valence-electron chi connectivity index (χ1n) is 4.14. The van der Waals surface area contributed by atoms with Crippen LogP contribution in [0.5, 0.6) is 0 Å². The zero-order valence-electron chi connectivity index (χ0n) is 6.33. The molecule has 10 heavy (non-hydrogen) atoms. The number of aliphatic hydroxyl groups is 1. The second-order valence-corrected chi connectivity index (χ2v) is 3.89. The van der Waals surface area contributed by atoms with Crippen molar-refractivity contribution >= 4 is 0 Å². The van der Waals surface area contributed by atoms with Crippen LogP contribution in [0.1, 0.15) is 19.8 Å². The lowest BCUT2D eigenvalue weighted by molar-refractivity contribution is 0.159.